The Morgan fingerprint density at radius 2 is 2.16 bits per heavy atom. The van der Waals surface area contributed by atoms with Crippen molar-refractivity contribution in [3.8, 4) is 5.88 Å². The van der Waals surface area contributed by atoms with Crippen LogP contribution in [0.5, 0.6) is 5.88 Å². The van der Waals surface area contributed by atoms with Gasteiger partial charge in [-0.05, 0) is 31.4 Å². The molecule has 7 heteroatoms. The third kappa shape index (κ3) is 2.97. The van der Waals surface area contributed by atoms with Gasteiger partial charge in [0.15, 0.2) is 0 Å². The average Bonchev–Trinajstić information content (AvgIpc) is 3.07. The van der Waals surface area contributed by atoms with Crippen LogP contribution in [0.3, 0.4) is 0 Å². The van der Waals surface area contributed by atoms with Crippen LogP contribution in [-0.2, 0) is 0 Å². The van der Waals surface area contributed by atoms with Crippen LogP contribution in [0.4, 0.5) is 11.8 Å². The fraction of sp³-hybridized carbons (Fsp3) is 0.389. The van der Waals surface area contributed by atoms with Crippen LogP contribution in [0.1, 0.15) is 30.1 Å². The molecule has 0 bridgehead atoms. The van der Waals surface area contributed by atoms with E-state index in [-0.39, 0.29) is 5.95 Å². The van der Waals surface area contributed by atoms with Gasteiger partial charge < -0.3 is 20.4 Å². The number of aromatic amines is 1. The summed E-state index contributed by atoms with van der Waals surface area (Å²) < 4.78 is 5.21. The highest BCUT2D eigenvalue weighted by Crippen LogP contribution is 2.30. The quantitative estimate of drug-likeness (QED) is 0.762. The van der Waals surface area contributed by atoms with E-state index in [1.165, 1.54) is 5.56 Å². The first-order valence-electron chi connectivity index (χ1n) is 8.53. The topological polar surface area (TPSA) is 93.0 Å². The Bertz CT molecular complexity index is 906. The first-order valence-corrected chi connectivity index (χ1v) is 8.53. The van der Waals surface area contributed by atoms with Gasteiger partial charge in [0.25, 0.3) is 0 Å². The van der Waals surface area contributed by atoms with Crippen molar-refractivity contribution in [3.05, 3.63) is 35.7 Å². The molecule has 1 saturated heterocycles. The zero-order chi connectivity index (χ0) is 17.4. The first-order chi connectivity index (χ1) is 12.1. The van der Waals surface area contributed by atoms with E-state index in [1.807, 2.05) is 6.07 Å². The molecular formula is C18H22N6O. The zero-order valence-electron chi connectivity index (χ0n) is 14.5. The lowest BCUT2D eigenvalue weighted by Crippen LogP contribution is -2.35. The molecule has 0 radical (unpaired) electrons. The number of nitrogen functional groups attached to an aromatic ring is 1. The van der Waals surface area contributed by atoms with Gasteiger partial charge in [-0.3, -0.25) is 0 Å². The van der Waals surface area contributed by atoms with Crippen LogP contribution in [-0.4, -0.2) is 40.1 Å². The molecule has 7 nitrogen and oxygen atoms in total. The summed E-state index contributed by atoms with van der Waals surface area (Å²) in [6.45, 7) is 3.88. The number of H-pyrrole nitrogens is 1. The molecule has 1 unspecified atom stereocenters. The second kappa shape index (κ2) is 6.23. The van der Waals surface area contributed by atoms with Crippen LogP contribution < -0.4 is 15.4 Å². The number of methoxy groups -OCH3 is 1. The number of hydrogen-bond acceptors (Lipinski definition) is 6. The monoisotopic (exact) mass is 338 g/mol. The van der Waals surface area contributed by atoms with Gasteiger partial charge in [0.1, 0.15) is 11.6 Å². The van der Waals surface area contributed by atoms with E-state index in [2.05, 4.69) is 45.0 Å². The highest BCUT2D eigenvalue weighted by molar-refractivity contribution is 5.78. The van der Waals surface area contributed by atoms with Gasteiger partial charge >= 0.3 is 0 Å². The Morgan fingerprint density at radius 3 is 2.96 bits per heavy atom. The number of para-hydroxylation sites is 1. The molecule has 3 heterocycles. The molecule has 130 valence electrons. The molecule has 0 saturated carbocycles. The van der Waals surface area contributed by atoms with E-state index in [4.69, 9.17) is 15.5 Å². The second-order valence-electron chi connectivity index (χ2n) is 6.50. The zero-order valence-corrected chi connectivity index (χ0v) is 14.5. The summed E-state index contributed by atoms with van der Waals surface area (Å²) in [6, 6.07) is 8.07. The maximum atomic E-state index is 5.81. The Hall–Kier alpha value is -2.83. The van der Waals surface area contributed by atoms with Crippen molar-refractivity contribution in [2.75, 3.05) is 30.8 Å². The Kier molecular flexibility index (Phi) is 3.91. The number of aromatic nitrogens is 4. The molecule has 1 fully saturated rings. The standard InChI is InChI=1S/C18H22N6O/c1-11-5-3-7-13-16(11)23-17(20-13)12-6-4-8-24(10-12)14-9-15(25-2)22-18(19)21-14/h3,5,7,9,12H,4,6,8,10H2,1-2H3,(H,20,23)(H2,19,21,22). The van der Waals surface area contributed by atoms with Crippen molar-refractivity contribution in [1.82, 2.24) is 19.9 Å². The number of benzene rings is 1. The van der Waals surface area contributed by atoms with Gasteiger partial charge in [0.2, 0.25) is 11.8 Å². The molecule has 0 amide bonds. The van der Waals surface area contributed by atoms with Crippen LogP contribution in [0.25, 0.3) is 11.0 Å². The molecule has 1 aromatic carbocycles. The van der Waals surface area contributed by atoms with E-state index in [0.29, 0.717) is 11.8 Å². The average molecular weight is 338 g/mol. The number of ether oxygens (including phenoxy) is 1. The van der Waals surface area contributed by atoms with Crippen molar-refractivity contribution < 1.29 is 4.74 Å². The lowest BCUT2D eigenvalue weighted by atomic mass is 9.97. The summed E-state index contributed by atoms with van der Waals surface area (Å²) >= 11 is 0. The number of aryl methyl sites for hydroxylation is 1. The fourth-order valence-corrected chi connectivity index (χ4v) is 3.49. The number of piperidine rings is 1. The van der Waals surface area contributed by atoms with Crippen LogP contribution in [0, 0.1) is 6.92 Å². The minimum absolute atomic E-state index is 0.232. The van der Waals surface area contributed by atoms with Crippen molar-refractivity contribution in [3.63, 3.8) is 0 Å². The predicted molar refractivity (Wildman–Crippen MR) is 98.0 cm³/mol. The summed E-state index contributed by atoms with van der Waals surface area (Å²) in [6.07, 6.45) is 2.18. The molecule has 2 aromatic heterocycles. The Balaban J connectivity index is 1.62. The van der Waals surface area contributed by atoms with Crippen molar-refractivity contribution in [1.29, 1.82) is 0 Å². The predicted octanol–water partition coefficient (Wildman–Crippen LogP) is 2.64. The highest BCUT2D eigenvalue weighted by atomic mass is 16.5. The van der Waals surface area contributed by atoms with Gasteiger partial charge in [-0.2, -0.15) is 9.97 Å². The van der Waals surface area contributed by atoms with Gasteiger partial charge in [-0.15, -0.1) is 0 Å². The molecule has 3 N–H and O–H groups in total. The number of nitrogens with two attached hydrogens (primary N) is 1. The Morgan fingerprint density at radius 1 is 1.28 bits per heavy atom. The molecule has 1 aliphatic rings. The molecule has 1 aliphatic heterocycles. The summed E-state index contributed by atoms with van der Waals surface area (Å²) in [5.74, 6) is 2.91. The van der Waals surface area contributed by atoms with Crippen molar-refractivity contribution >= 4 is 22.8 Å². The van der Waals surface area contributed by atoms with Gasteiger partial charge in [-0.1, -0.05) is 12.1 Å². The van der Waals surface area contributed by atoms with Crippen LogP contribution in [0.15, 0.2) is 24.3 Å². The lowest BCUT2D eigenvalue weighted by Gasteiger charge is -2.32. The maximum absolute atomic E-state index is 5.81. The molecular weight excluding hydrogens is 316 g/mol. The molecule has 1 atom stereocenters. The van der Waals surface area contributed by atoms with Crippen molar-refractivity contribution in [2.45, 2.75) is 25.7 Å². The van der Waals surface area contributed by atoms with Gasteiger partial charge in [0, 0.05) is 25.1 Å². The lowest BCUT2D eigenvalue weighted by molar-refractivity contribution is 0.397. The summed E-state index contributed by atoms with van der Waals surface area (Å²) in [7, 11) is 1.58. The number of nitrogens with zero attached hydrogens (tertiary/aromatic N) is 4. The number of fused-ring (bicyclic) bond motifs is 1. The number of anilines is 2. The SMILES string of the molecule is COc1cc(N2CCCC(c3nc4c(C)cccc4[nH]3)C2)nc(N)n1. The highest BCUT2D eigenvalue weighted by Gasteiger charge is 2.25. The molecule has 4 rings (SSSR count). The normalized spacial score (nSPS) is 17.8. The van der Waals surface area contributed by atoms with Gasteiger partial charge in [-0.25, -0.2) is 4.98 Å². The third-order valence-corrected chi connectivity index (χ3v) is 4.78. The molecule has 0 aliphatic carbocycles. The minimum atomic E-state index is 0.232. The Labute approximate surface area is 146 Å². The second-order valence-corrected chi connectivity index (χ2v) is 6.50. The van der Waals surface area contributed by atoms with E-state index in [9.17, 15) is 0 Å². The van der Waals surface area contributed by atoms with Crippen LogP contribution >= 0.6 is 0 Å². The minimum Gasteiger partial charge on any atom is -0.481 e. The number of rotatable bonds is 3. The first kappa shape index (κ1) is 15.7. The van der Waals surface area contributed by atoms with E-state index >= 15 is 0 Å². The van der Waals surface area contributed by atoms with Crippen LogP contribution in [0.2, 0.25) is 0 Å². The number of imidazole rings is 1. The van der Waals surface area contributed by atoms with Gasteiger partial charge in [0.05, 0.1) is 18.1 Å². The maximum Gasteiger partial charge on any atom is 0.225 e. The summed E-state index contributed by atoms with van der Waals surface area (Å²) in [5.41, 5.74) is 9.16. The summed E-state index contributed by atoms with van der Waals surface area (Å²) in [4.78, 5) is 19.0. The fourth-order valence-electron chi connectivity index (χ4n) is 3.49. The smallest absolute Gasteiger partial charge is 0.225 e. The van der Waals surface area contributed by atoms with Crippen molar-refractivity contribution in [2.24, 2.45) is 0 Å². The largest absolute Gasteiger partial charge is 0.481 e. The third-order valence-electron chi connectivity index (χ3n) is 4.78. The molecule has 3 aromatic rings. The molecule has 25 heavy (non-hydrogen) atoms. The summed E-state index contributed by atoms with van der Waals surface area (Å²) in [5, 5.41) is 0. The van der Waals surface area contributed by atoms with E-state index < -0.39 is 0 Å². The van der Waals surface area contributed by atoms with E-state index in [0.717, 1.165) is 48.6 Å². The number of hydrogen-bond donors (Lipinski definition) is 2. The number of nitrogens with one attached hydrogen (secondary N) is 1. The van der Waals surface area contributed by atoms with E-state index in [1.54, 1.807) is 7.11 Å². The molecule has 0 spiro atoms.